The minimum Gasteiger partial charge on any atom is -0.487 e. The Balaban J connectivity index is 1.87. The van der Waals surface area contributed by atoms with Crippen LogP contribution in [0, 0.1) is 6.92 Å². The molecule has 1 N–H and O–H groups in total. The Labute approximate surface area is 131 Å². The van der Waals surface area contributed by atoms with Gasteiger partial charge in [0.25, 0.3) is 0 Å². The van der Waals surface area contributed by atoms with Crippen LogP contribution in [0.5, 0.6) is 5.75 Å². The molecule has 1 heterocycles. The molecule has 0 aliphatic rings. The van der Waals surface area contributed by atoms with Crippen LogP contribution in [0.25, 0.3) is 5.69 Å². The van der Waals surface area contributed by atoms with Gasteiger partial charge in [0, 0.05) is 5.56 Å². The number of tetrazole rings is 1. The highest BCUT2D eigenvalue weighted by Gasteiger charge is 2.10. The summed E-state index contributed by atoms with van der Waals surface area (Å²) in [4.78, 5) is 11.7. The van der Waals surface area contributed by atoms with E-state index in [1.54, 1.807) is 6.07 Å². The fraction of sp³-hybridized carbons (Fsp3) is 0.133. The van der Waals surface area contributed by atoms with E-state index in [2.05, 4.69) is 15.5 Å². The van der Waals surface area contributed by atoms with Gasteiger partial charge >= 0.3 is 5.69 Å². The molecule has 0 radical (unpaired) electrons. The molecule has 0 unspecified atom stereocenters. The zero-order valence-corrected chi connectivity index (χ0v) is 12.5. The van der Waals surface area contributed by atoms with Gasteiger partial charge in [-0.25, -0.2) is 9.89 Å². The first-order chi connectivity index (χ1) is 10.6. The third kappa shape index (κ3) is 2.87. The van der Waals surface area contributed by atoms with Crippen LogP contribution in [-0.4, -0.2) is 20.2 Å². The maximum Gasteiger partial charge on any atom is 0.365 e. The monoisotopic (exact) mass is 316 g/mol. The van der Waals surface area contributed by atoms with Crippen LogP contribution >= 0.6 is 11.6 Å². The molecule has 0 amide bonds. The average Bonchev–Trinajstić information content (AvgIpc) is 2.93. The van der Waals surface area contributed by atoms with Gasteiger partial charge in [0.05, 0.1) is 10.7 Å². The highest BCUT2D eigenvalue weighted by atomic mass is 35.5. The molecular formula is C15H13ClN4O2. The number of benzene rings is 2. The molecule has 6 nitrogen and oxygen atoms in total. The van der Waals surface area contributed by atoms with E-state index in [9.17, 15) is 4.79 Å². The van der Waals surface area contributed by atoms with Gasteiger partial charge in [-0.1, -0.05) is 35.9 Å². The second-order valence-corrected chi connectivity index (χ2v) is 5.18. The van der Waals surface area contributed by atoms with Gasteiger partial charge in [-0.15, -0.1) is 0 Å². The maximum atomic E-state index is 11.7. The number of aromatic nitrogens is 4. The standard InChI is InChI=1S/C15H13ClN4O2/c1-10-6-7-14(12(16)8-10)22-9-11-4-2-3-5-13(11)20-15(21)17-18-19-20/h2-8H,9H2,1H3,(H,17,19,21). The molecule has 22 heavy (non-hydrogen) atoms. The van der Waals surface area contributed by atoms with Crippen molar-refractivity contribution in [2.45, 2.75) is 13.5 Å². The van der Waals surface area contributed by atoms with E-state index in [0.717, 1.165) is 11.1 Å². The fourth-order valence-electron chi connectivity index (χ4n) is 2.07. The number of para-hydroxylation sites is 1. The molecule has 0 saturated heterocycles. The van der Waals surface area contributed by atoms with E-state index in [4.69, 9.17) is 16.3 Å². The summed E-state index contributed by atoms with van der Waals surface area (Å²) in [6.45, 7) is 2.22. The lowest BCUT2D eigenvalue weighted by atomic mass is 10.2. The summed E-state index contributed by atoms with van der Waals surface area (Å²) in [5.41, 5.74) is 2.08. The summed E-state index contributed by atoms with van der Waals surface area (Å²) in [6.07, 6.45) is 0. The summed E-state index contributed by atoms with van der Waals surface area (Å²) < 4.78 is 6.94. The molecular weight excluding hydrogens is 304 g/mol. The normalized spacial score (nSPS) is 10.6. The number of aromatic amines is 1. The second-order valence-electron chi connectivity index (χ2n) is 4.77. The quantitative estimate of drug-likeness (QED) is 0.802. The van der Waals surface area contributed by atoms with Gasteiger partial charge in [0.2, 0.25) is 0 Å². The number of halogens is 1. The van der Waals surface area contributed by atoms with E-state index < -0.39 is 5.69 Å². The summed E-state index contributed by atoms with van der Waals surface area (Å²) in [5.74, 6) is 0.592. The Kier molecular flexibility index (Phi) is 3.93. The molecule has 0 aliphatic heterocycles. The van der Waals surface area contributed by atoms with Gasteiger partial charge in [0.1, 0.15) is 12.4 Å². The van der Waals surface area contributed by atoms with Crippen LogP contribution in [0.15, 0.2) is 47.3 Å². The molecule has 0 fully saturated rings. The fourth-order valence-corrected chi connectivity index (χ4v) is 2.36. The predicted octanol–water partition coefficient (Wildman–Crippen LogP) is 2.50. The van der Waals surface area contributed by atoms with Crippen molar-refractivity contribution in [1.29, 1.82) is 0 Å². The molecule has 0 bridgehead atoms. The van der Waals surface area contributed by atoms with Crippen LogP contribution in [0.4, 0.5) is 0 Å². The van der Waals surface area contributed by atoms with Crippen molar-refractivity contribution in [3.05, 3.63) is 69.1 Å². The van der Waals surface area contributed by atoms with Crippen LogP contribution < -0.4 is 10.4 Å². The van der Waals surface area contributed by atoms with Crippen LogP contribution in [0.3, 0.4) is 0 Å². The zero-order chi connectivity index (χ0) is 15.5. The number of nitrogens with one attached hydrogen (secondary N) is 1. The van der Waals surface area contributed by atoms with Gasteiger partial charge in [-0.05, 0) is 41.1 Å². The smallest absolute Gasteiger partial charge is 0.365 e. The van der Waals surface area contributed by atoms with Crippen LogP contribution in [-0.2, 0) is 6.61 Å². The highest BCUT2D eigenvalue weighted by Crippen LogP contribution is 2.26. The summed E-state index contributed by atoms with van der Waals surface area (Å²) in [7, 11) is 0. The lowest BCUT2D eigenvalue weighted by Crippen LogP contribution is -2.18. The Hall–Kier alpha value is -2.60. The number of rotatable bonds is 4. The molecule has 0 spiro atoms. The first kappa shape index (κ1) is 14.3. The van der Waals surface area contributed by atoms with Crippen molar-refractivity contribution in [2.75, 3.05) is 0 Å². The first-order valence-corrected chi connectivity index (χ1v) is 7.00. The van der Waals surface area contributed by atoms with Gasteiger partial charge in [-0.3, -0.25) is 0 Å². The van der Waals surface area contributed by atoms with Crippen molar-refractivity contribution in [3.63, 3.8) is 0 Å². The molecule has 112 valence electrons. The van der Waals surface area contributed by atoms with Crippen molar-refractivity contribution >= 4 is 11.6 Å². The molecule has 7 heteroatoms. The third-order valence-corrected chi connectivity index (χ3v) is 3.46. The van der Waals surface area contributed by atoms with E-state index in [0.29, 0.717) is 16.5 Å². The summed E-state index contributed by atoms with van der Waals surface area (Å²) >= 11 is 6.15. The van der Waals surface area contributed by atoms with Crippen molar-refractivity contribution in [1.82, 2.24) is 20.2 Å². The molecule has 0 saturated carbocycles. The van der Waals surface area contributed by atoms with Crippen molar-refractivity contribution in [2.24, 2.45) is 0 Å². The average molecular weight is 317 g/mol. The largest absolute Gasteiger partial charge is 0.487 e. The molecule has 1 aromatic heterocycles. The van der Waals surface area contributed by atoms with Crippen LogP contribution in [0.1, 0.15) is 11.1 Å². The summed E-state index contributed by atoms with van der Waals surface area (Å²) in [5, 5.41) is 10.1. The number of aryl methyl sites for hydroxylation is 1. The van der Waals surface area contributed by atoms with Crippen molar-refractivity contribution in [3.8, 4) is 11.4 Å². The first-order valence-electron chi connectivity index (χ1n) is 6.63. The van der Waals surface area contributed by atoms with Crippen molar-refractivity contribution < 1.29 is 4.74 Å². The highest BCUT2D eigenvalue weighted by molar-refractivity contribution is 6.32. The molecule has 2 aromatic carbocycles. The number of hydrogen-bond donors (Lipinski definition) is 1. The molecule has 0 atom stereocenters. The Morgan fingerprint density at radius 1 is 1.27 bits per heavy atom. The number of ether oxygens (including phenoxy) is 1. The third-order valence-electron chi connectivity index (χ3n) is 3.16. The lowest BCUT2D eigenvalue weighted by molar-refractivity contribution is 0.305. The van der Waals surface area contributed by atoms with E-state index in [1.165, 1.54) is 4.68 Å². The summed E-state index contributed by atoms with van der Waals surface area (Å²) in [6, 6.07) is 12.9. The van der Waals surface area contributed by atoms with Crippen LogP contribution in [0.2, 0.25) is 5.02 Å². The van der Waals surface area contributed by atoms with E-state index in [1.807, 2.05) is 43.3 Å². The molecule has 3 rings (SSSR count). The van der Waals surface area contributed by atoms with E-state index in [-0.39, 0.29) is 6.61 Å². The van der Waals surface area contributed by atoms with Gasteiger partial charge in [-0.2, -0.15) is 4.68 Å². The minimum atomic E-state index is -0.402. The van der Waals surface area contributed by atoms with Gasteiger partial charge < -0.3 is 4.74 Å². The maximum absolute atomic E-state index is 11.7. The van der Waals surface area contributed by atoms with E-state index >= 15 is 0 Å². The molecule has 3 aromatic rings. The van der Waals surface area contributed by atoms with Gasteiger partial charge in [0.15, 0.2) is 0 Å². The second kappa shape index (κ2) is 6.03. The number of hydrogen-bond acceptors (Lipinski definition) is 4. The molecule has 0 aliphatic carbocycles. The topological polar surface area (TPSA) is 72.8 Å². The number of H-pyrrole nitrogens is 1. The Bertz CT molecular complexity index is 856. The SMILES string of the molecule is Cc1ccc(OCc2ccccc2-n2nn[nH]c2=O)c(Cl)c1. The number of nitrogens with zero attached hydrogens (tertiary/aromatic N) is 3. The Morgan fingerprint density at radius 3 is 2.82 bits per heavy atom. The predicted molar refractivity (Wildman–Crippen MR) is 82.5 cm³/mol. The Morgan fingerprint density at radius 2 is 2.09 bits per heavy atom. The lowest BCUT2D eigenvalue weighted by Gasteiger charge is -2.11. The minimum absolute atomic E-state index is 0.262. The zero-order valence-electron chi connectivity index (χ0n) is 11.8.